The number of aliphatic imine (C=N–C) groups is 1. The second-order valence-electron chi connectivity index (χ2n) is 7.09. The lowest BCUT2D eigenvalue weighted by atomic mass is 10.2. The normalized spacial score (nSPS) is 11.6. The van der Waals surface area contributed by atoms with Crippen LogP contribution in [-0.4, -0.2) is 67.8 Å². The number of benzene rings is 1. The van der Waals surface area contributed by atoms with E-state index in [4.69, 9.17) is 0 Å². The number of nitrogens with one attached hydrogen (secondary N) is 3. The number of anilines is 1. The molecule has 160 valence electrons. The molecule has 0 amide bonds. The summed E-state index contributed by atoms with van der Waals surface area (Å²) >= 11 is 0. The third-order valence-corrected chi connectivity index (χ3v) is 4.90. The van der Waals surface area contributed by atoms with Crippen molar-refractivity contribution in [2.45, 2.75) is 6.54 Å². The van der Waals surface area contributed by atoms with E-state index >= 15 is 0 Å². The summed E-state index contributed by atoms with van der Waals surface area (Å²) < 4.78 is 1.73. The van der Waals surface area contributed by atoms with E-state index in [2.05, 4.69) is 52.8 Å². The van der Waals surface area contributed by atoms with Crippen LogP contribution in [0.3, 0.4) is 0 Å². The monoisotopic (exact) mass is 418 g/mol. The van der Waals surface area contributed by atoms with E-state index in [0.717, 1.165) is 39.9 Å². The molecule has 0 bridgehead atoms. The van der Waals surface area contributed by atoms with Gasteiger partial charge in [-0.2, -0.15) is 5.10 Å². The number of rotatable bonds is 7. The van der Waals surface area contributed by atoms with Crippen molar-refractivity contribution in [1.82, 2.24) is 39.9 Å². The van der Waals surface area contributed by atoms with Crippen LogP contribution in [0.25, 0.3) is 22.3 Å². The molecule has 10 nitrogen and oxygen atoms in total. The molecule has 0 radical (unpaired) electrons. The molecule has 0 aliphatic heterocycles. The van der Waals surface area contributed by atoms with Gasteiger partial charge in [0.25, 0.3) is 0 Å². The summed E-state index contributed by atoms with van der Waals surface area (Å²) in [5.74, 6) is 2.43. The molecule has 0 atom stereocenters. The van der Waals surface area contributed by atoms with E-state index in [9.17, 15) is 0 Å². The summed E-state index contributed by atoms with van der Waals surface area (Å²) in [6, 6.07) is 10.2. The summed E-state index contributed by atoms with van der Waals surface area (Å²) in [6.45, 7) is 1.96. The number of aromatic amines is 1. The van der Waals surface area contributed by atoms with Crippen molar-refractivity contribution < 1.29 is 0 Å². The predicted octanol–water partition coefficient (Wildman–Crippen LogP) is 1.87. The third-order valence-electron chi connectivity index (χ3n) is 4.90. The highest BCUT2D eigenvalue weighted by Crippen LogP contribution is 2.17. The molecule has 0 fully saturated rings. The predicted molar refractivity (Wildman–Crippen MR) is 122 cm³/mol. The zero-order valence-electron chi connectivity index (χ0n) is 17.9. The maximum Gasteiger partial charge on any atom is 0.193 e. The van der Waals surface area contributed by atoms with Crippen molar-refractivity contribution in [2.75, 3.05) is 32.5 Å². The number of imidazole rings is 1. The Kier molecular flexibility index (Phi) is 6.06. The smallest absolute Gasteiger partial charge is 0.193 e. The Bertz CT molecular complexity index is 1160. The molecule has 0 aliphatic rings. The van der Waals surface area contributed by atoms with Crippen LogP contribution in [0.4, 0.5) is 5.82 Å². The van der Waals surface area contributed by atoms with Gasteiger partial charge in [0.05, 0.1) is 30.0 Å². The highest BCUT2D eigenvalue weighted by molar-refractivity contribution is 5.86. The third kappa shape index (κ3) is 4.63. The maximum absolute atomic E-state index is 4.50. The van der Waals surface area contributed by atoms with Crippen LogP contribution in [0.5, 0.6) is 0 Å². The number of fused-ring (bicyclic) bond motifs is 1. The van der Waals surface area contributed by atoms with Crippen LogP contribution < -0.4 is 10.6 Å². The molecular weight excluding hydrogens is 392 g/mol. The molecular formula is C21H26N10. The lowest BCUT2D eigenvalue weighted by Crippen LogP contribution is -2.40. The van der Waals surface area contributed by atoms with Crippen LogP contribution in [0, 0.1) is 0 Å². The van der Waals surface area contributed by atoms with Crippen LogP contribution in [0.2, 0.25) is 0 Å². The van der Waals surface area contributed by atoms with Crippen molar-refractivity contribution in [2.24, 2.45) is 12.0 Å². The van der Waals surface area contributed by atoms with Crippen molar-refractivity contribution in [3.05, 3.63) is 54.9 Å². The highest BCUT2D eigenvalue weighted by atomic mass is 15.3. The molecule has 0 saturated carbocycles. The number of nitrogens with zero attached hydrogens (tertiary/aromatic N) is 7. The Morgan fingerprint density at radius 2 is 1.97 bits per heavy atom. The van der Waals surface area contributed by atoms with Gasteiger partial charge >= 0.3 is 0 Å². The van der Waals surface area contributed by atoms with Crippen molar-refractivity contribution in [1.29, 1.82) is 0 Å². The van der Waals surface area contributed by atoms with Gasteiger partial charge in [-0.1, -0.05) is 30.3 Å². The van der Waals surface area contributed by atoms with Gasteiger partial charge in [0.1, 0.15) is 18.0 Å². The van der Waals surface area contributed by atoms with Crippen LogP contribution in [0.1, 0.15) is 5.82 Å². The maximum atomic E-state index is 4.50. The Morgan fingerprint density at radius 3 is 2.77 bits per heavy atom. The fourth-order valence-corrected chi connectivity index (χ4v) is 3.35. The SMILES string of the molecule is CN=C(NCCNc1ncnc2c1cnn2C)N(C)Cc1ncc(-c2ccccc2)[nH]1. The second kappa shape index (κ2) is 9.24. The van der Waals surface area contributed by atoms with E-state index in [1.807, 2.05) is 43.4 Å². The molecule has 0 unspecified atom stereocenters. The number of hydrogen-bond donors (Lipinski definition) is 3. The number of aromatic nitrogens is 6. The summed E-state index contributed by atoms with van der Waals surface area (Å²) in [5.41, 5.74) is 2.92. The highest BCUT2D eigenvalue weighted by Gasteiger charge is 2.10. The molecule has 31 heavy (non-hydrogen) atoms. The first kappa shape index (κ1) is 20.3. The minimum Gasteiger partial charge on any atom is -0.368 e. The summed E-state index contributed by atoms with van der Waals surface area (Å²) in [6.07, 6.45) is 5.17. The molecule has 3 heterocycles. The molecule has 1 aromatic carbocycles. The van der Waals surface area contributed by atoms with Gasteiger partial charge in [0.2, 0.25) is 0 Å². The topological polar surface area (TPSA) is 112 Å². The van der Waals surface area contributed by atoms with E-state index in [1.165, 1.54) is 0 Å². The van der Waals surface area contributed by atoms with Gasteiger partial charge < -0.3 is 20.5 Å². The zero-order chi connectivity index (χ0) is 21.6. The minimum absolute atomic E-state index is 0.613. The lowest BCUT2D eigenvalue weighted by molar-refractivity contribution is 0.465. The molecule has 4 aromatic rings. The minimum atomic E-state index is 0.613. The number of H-pyrrole nitrogens is 1. The van der Waals surface area contributed by atoms with Gasteiger partial charge in [0.15, 0.2) is 11.6 Å². The quantitative estimate of drug-likeness (QED) is 0.239. The molecule has 3 N–H and O–H groups in total. The Labute approximate surface area is 180 Å². The first-order chi connectivity index (χ1) is 15.2. The Hall–Kier alpha value is -3.95. The Morgan fingerprint density at radius 1 is 1.13 bits per heavy atom. The van der Waals surface area contributed by atoms with Crippen LogP contribution >= 0.6 is 0 Å². The Balaban J connectivity index is 1.29. The van der Waals surface area contributed by atoms with E-state index in [0.29, 0.717) is 19.6 Å². The molecule has 10 heteroatoms. The van der Waals surface area contributed by atoms with Gasteiger partial charge in [-0.25, -0.2) is 15.0 Å². The number of guanidine groups is 1. The molecule has 3 aromatic heterocycles. The molecule has 4 rings (SSSR count). The van der Waals surface area contributed by atoms with E-state index in [1.54, 1.807) is 24.3 Å². The van der Waals surface area contributed by atoms with Crippen LogP contribution in [0.15, 0.2) is 54.0 Å². The fraction of sp³-hybridized carbons (Fsp3) is 0.286. The van der Waals surface area contributed by atoms with Crippen molar-refractivity contribution in [3.63, 3.8) is 0 Å². The standard InChI is InChI=1S/C21H26N10/c1-22-21(24-10-9-23-19-16-11-28-31(3)20(16)27-14-26-19)30(2)13-18-25-12-17(29-18)15-7-5-4-6-8-15/h4-8,11-12,14H,9-10,13H2,1-3H3,(H,22,24)(H,25,29)(H,23,26,27). The fourth-order valence-electron chi connectivity index (χ4n) is 3.35. The number of hydrogen-bond acceptors (Lipinski definition) is 6. The van der Waals surface area contributed by atoms with E-state index < -0.39 is 0 Å². The largest absolute Gasteiger partial charge is 0.368 e. The van der Waals surface area contributed by atoms with E-state index in [-0.39, 0.29) is 0 Å². The lowest BCUT2D eigenvalue weighted by Gasteiger charge is -2.21. The van der Waals surface area contributed by atoms with Gasteiger partial charge in [-0.05, 0) is 5.56 Å². The first-order valence-corrected chi connectivity index (χ1v) is 10.0. The molecule has 0 aliphatic carbocycles. The molecule has 0 saturated heterocycles. The van der Waals surface area contributed by atoms with Crippen molar-refractivity contribution >= 4 is 22.8 Å². The average Bonchev–Trinajstić information content (AvgIpc) is 3.42. The summed E-state index contributed by atoms with van der Waals surface area (Å²) in [4.78, 5) is 22.8. The second-order valence-corrected chi connectivity index (χ2v) is 7.09. The van der Waals surface area contributed by atoms with Gasteiger partial charge in [0, 0.05) is 34.2 Å². The molecule has 0 spiro atoms. The van der Waals surface area contributed by atoms with Crippen molar-refractivity contribution in [3.8, 4) is 11.3 Å². The first-order valence-electron chi connectivity index (χ1n) is 10.0. The van der Waals surface area contributed by atoms with Gasteiger partial charge in [-0.3, -0.25) is 9.67 Å². The van der Waals surface area contributed by atoms with Crippen LogP contribution in [-0.2, 0) is 13.6 Å². The summed E-state index contributed by atoms with van der Waals surface area (Å²) in [7, 11) is 5.62. The number of aryl methyl sites for hydroxylation is 1. The average molecular weight is 419 g/mol. The van der Waals surface area contributed by atoms with Gasteiger partial charge in [-0.15, -0.1) is 0 Å². The zero-order valence-corrected chi connectivity index (χ0v) is 17.9. The summed E-state index contributed by atoms with van der Waals surface area (Å²) in [5, 5.41) is 11.8.